The van der Waals surface area contributed by atoms with Gasteiger partial charge in [-0.2, -0.15) is 0 Å². The molecule has 4 rings (SSSR count). The Morgan fingerprint density at radius 2 is 2.10 bits per heavy atom. The van der Waals surface area contributed by atoms with Gasteiger partial charge in [0, 0.05) is 31.7 Å². The monoisotopic (exact) mass is 462 g/mol. The number of morpholine rings is 1. The van der Waals surface area contributed by atoms with Gasteiger partial charge in [0.15, 0.2) is 5.16 Å². The third kappa shape index (κ3) is 5.05. The van der Waals surface area contributed by atoms with Crippen LogP contribution in [-0.2, 0) is 16.1 Å². The van der Waals surface area contributed by atoms with Crippen molar-refractivity contribution in [2.75, 3.05) is 38.6 Å². The third-order valence-corrected chi connectivity index (χ3v) is 8.06. The van der Waals surface area contributed by atoms with E-state index in [1.165, 1.54) is 42.4 Å². The first-order valence-corrected chi connectivity index (χ1v) is 12.8. The van der Waals surface area contributed by atoms with Crippen LogP contribution < -0.4 is 10.9 Å². The van der Waals surface area contributed by atoms with Crippen molar-refractivity contribution in [1.82, 2.24) is 19.8 Å². The van der Waals surface area contributed by atoms with E-state index in [0.29, 0.717) is 28.5 Å². The van der Waals surface area contributed by atoms with E-state index in [2.05, 4.69) is 21.8 Å². The van der Waals surface area contributed by atoms with Gasteiger partial charge in [0.2, 0.25) is 5.91 Å². The zero-order valence-corrected chi connectivity index (χ0v) is 19.4. The summed E-state index contributed by atoms with van der Waals surface area (Å²) >= 11 is 2.75. The van der Waals surface area contributed by atoms with Gasteiger partial charge in [0.05, 0.1) is 24.4 Å². The number of hydrogen-bond donors (Lipinski definition) is 1. The molecule has 2 aliphatic rings. The molecule has 0 bridgehead atoms. The number of thiophene rings is 1. The quantitative estimate of drug-likeness (QED) is 0.369. The number of nitrogens with zero attached hydrogens (tertiary/aromatic N) is 3. The topological polar surface area (TPSA) is 76.5 Å². The van der Waals surface area contributed by atoms with Gasteiger partial charge < -0.3 is 10.1 Å². The first-order chi connectivity index (χ1) is 15.1. The molecule has 3 heterocycles. The lowest BCUT2D eigenvalue weighted by Crippen LogP contribution is -2.59. The summed E-state index contributed by atoms with van der Waals surface area (Å²) in [5, 5.41) is 6.23. The van der Waals surface area contributed by atoms with Crippen molar-refractivity contribution >= 4 is 39.2 Å². The fourth-order valence-corrected chi connectivity index (χ4v) is 6.27. The first kappa shape index (κ1) is 22.5. The lowest BCUT2D eigenvalue weighted by molar-refractivity contribution is -0.119. The van der Waals surface area contributed by atoms with E-state index in [4.69, 9.17) is 4.74 Å². The summed E-state index contributed by atoms with van der Waals surface area (Å²) in [5.74, 6) is 0.216. The smallest absolute Gasteiger partial charge is 0.263 e. The molecule has 1 N–H and O–H groups in total. The highest BCUT2D eigenvalue weighted by atomic mass is 32.2. The molecular formula is C22H30N4O3S2. The molecule has 7 nitrogen and oxygen atoms in total. The summed E-state index contributed by atoms with van der Waals surface area (Å²) in [5.41, 5.74) is -0.0379. The number of carbonyl (C=O) groups is 1. The van der Waals surface area contributed by atoms with Gasteiger partial charge in [-0.05, 0) is 24.3 Å². The molecule has 0 radical (unpaired) electrons. The number of thioether (sulfide) groups is 1. The van der Waals surface area contributed by atoms with Crippen LogP contribution in [0, 0.1) is 0 Å². The van der Waals surface area contributed by atoms with Crippen LogP contribution in [0.5, 0.6) is 0 Å². The summed E-state index contributed by atoms with van der Waals surface area (Å²) in [6, 6.07) is 1.80. The van der Waals surface area contributed by atoms with Crippen molar-refractivity contribution in [3.8, 4) is 0 Å². The van der Waals surface area contributed by atoms with Crippen molar-refractivity contribution in [1.29, 1.82) is 0 Å². The highest BCUT2D eigenvalue weighted by Crippen LogP contribution is 2.34. The summed E-state index contributed by atoms with van der Waals surface area (Å²) in [6.45, 7) is 8.20. The first-order valence-electron chi connectivity index (χ1n) is 10.9. The van der Waals surface area contributed by atoms with Crippen LogP contribution in [0.15, 0.2) is 34.1 Å². The van der Waals surface area contributed by atoms with E-state index in [9.17, 15) is 9.59 Å². The van der Waals surface area contributed by atoms with Crippen LogP contribution in [0.25, 0.3) is 10.2 Å². The van der Waals surface area contributed by atoms with E-state index < -0.39 is 0 Å². The summed E-state index contributed by atoms with van der Waals surface area (Å²) in [7, 11) is 0. The minimum atomic E-state index is -0.0810. The van der Waals surface area contributed by atoms with Crippen molar-refractivity contribution in [2.24, 2.45) is 0 Å². The van der Waals surface area contributed by atoms with Crippen LogP contribution in [-0.4, -0.2) is 64.5 Å². The number of fused-ring (bicyclic) bond motifs is 1. The third-order valence-electron chi connectivity index (χ3n) is 6.27. The van der Waals surface area contributed by atoms with Crippen LogP contribution in [0.3, 0.4) is 0 Å². The molecule has 2 aromatic heterocycles. The number of nitrogens with one attached hydrogen (secondary N) is 1. The maximum Gasteiger partial charge on any atom is 0.263 e. The van der Waals surface area contributed by atoms with Gasteiger partial charge >= 0.3 is 0 Å². The number of rotatable bonds is 8. The zero-order valence-electron chi connectivity index (χ0n) is 17.8. The van der Waals surface area contributed by atoms with Gasteiger partial charge in [0.25, 0.3) is 5.56 Å². The molecule has 31 heavy (non-hydrogen) atoms. The highest BCUT2D eigenvalue weighted by Gasteiger charge is 2.38. The summed E-state index contributed by atoms with van der Waals surface area (Å²) < 4.78 is 7.13. The number of ether oxygens (including phenoxy) is 1. The van der Waals surface area contributed by atoms with E-state index in [-0.39, 0.29) is 22.8 Å². The van der Waals surface area contributed by atoms with Crippen molar-refractivity contribution in [3.63, 3.8) is 0 Å². The summed E-state index contributed by atoms with van der Waals surface area (Å²) in [6.07, 6.45) is 7.61. The van der Waals surface area contributed by atoms with Gasteiger partial charge in [-0.3, -0.25) is 19.1 Å². The average Bonchev–Trinajstić information content (AvgIpc) is 3.28. The Bertz CT molecular complexity index is 975. The van der Waals surface area contributed by atoms with Gasteiger partial charge in [-0.1, -0.05) is 37.1 Å². The molecule has 1 aliphatic heterocycles. The SMILES string of the molecule is C=CCn1c(SCC(=O)NCC2(N3CCOCC3)CCCCC2)nc2sccc2c1=O. The standard InChI is InChI=1S/C22H30N4O3S2/c1-2-9-26-20(28)17-6-14-30-19(17)24-21(26)31-15-18(27)23-16-22(7-4-3-5-8-22)25-10-12-29-13-11-25/h2,6,14H,1,3-5,7-13,15-16H2,(H,23,27). The molecule has 9 heteroatoms. The van der Waals surface area contributed by atoms with Crippen molar-refractivity contribution in [3.05, 3.63) is 34.5 Å². The molecule has 168 valence electrons. The number of hydrogen-bond acceptors (Lipinski definition) is 7. The molecule has 0 spiro atoms. The molecule has 1 amide bonds. The number of allylic oxidation sites excluding steroid dienone is 1. The molecular weight excluding hydrogens is 432 g/mol. The van der Waals surface area contributed by atoms with Gasteiger partial charge in [-0.25, -0.2) is 4.98 Å². The Hall–Kier alpha value is -1.68. The fraction of sp³-hybridized carbons (Fsp3) is 0.591. The maximum atomic E-state index is 12.7. The van der Waals surface area contributed by atoms with Gasteiger partial charge in [0.1, 0.15) is 4.83 Å². The van der Waals surface area contributed by atoms with E-state index in [0.717, 1.165) is 39.1 Å². The maximum absolute atomic E-state index is 12.7. The molecule has 1 saturated carbocycles. The Labute approximate surface area is 190 Å². The molecule has 2 aromatic rings. The number of amides is 1. The Morgan fingerprint density at radius 3 is 2.84 bits per heavy atom. The molecule has 1 saturated heterocycles. The predicted octanol–water partition coefficient (Wildman–Crippen LogP) is 2.89. The zero-order chi connectivity index (χ0) is 21.7. The van der Waals surface area contributed by atoms with E-state index in [1.54, 1.807) is 16.7 Å². The normalized spacial score (nSPS) is 19.4. The predicted molar refractivity (Wildman–Crippen MR) is 126 cm³/mol. The number of carbonyl (C=O) groups excluding carboxylic acids is 1. The van der Waals surface area contributed by atoms with Crippen LogP contribution in [0.2, 0.25) is 0 Å². The second-order valence-electron chi connectivity index (χ2n) is 8.19. The van der Waals surface area contributed by atoms with E-state index >= 15 is 0 Å². The largest absolute Gasteiger partial charge is 0.379 e. The minimum Gasteiger partial charge on any atom is -0.379 e. The van der Waals surface area contributed by atoms with Crippen LogP contribution in [0.4, 0.5) is 0 Å². The van der Waals surface area contributed by atoms with Gasteiger partial charge in [-0.15, -0.1) is 17.9 Å². The highest BCUT2D eigenvalue weighted by molar-refractivity contribution is 7.99. The molecule has 1 aliphatic carbocycles. The lowest BCUT2D eigenvalue weighted by Gasteiger charge is -2.48. The number of aromatic nitrogens is 2. The minimum absolute atomic E-state index is 0.0195. The van der Waals surface area contributed by atoms with E-state index in [1.807, 2.05) is 5.38 Å². The van der Waals surface area contributed by atoms with Crippen molar-refractivity contribution < 1.29 is 9.53 Å². The lowest BCUT2D eigenvalue weighted by atomic mass is 9.79. The Kier molecular flexibility index (Phi) is 7.47. The Morgan fingerprint density at radius 1 is 1.32 bits per heavy atom. The van der Waals surface area contributed by atoms with Crippen LogP contribution >= 0.6 is 23.1 Å². The fourth-order valence-electron chi connectivity index (χ4n) is 4.63. The van der Waals surface area contributed by atoms with Crippen molar-refractivity contribution in [2.45, 2.75) is 49.3 Å². The summed E-state index contributed by atoms with van der Waals surface area (Å²) in [4.78, 5) is 33.3. The Balaban J connectivity index is 1.41. The second-order valence-corrected chi connectivity index (χ2v) is 10.0. The average molecular weight is 463 g/mol. The second kappa shape index (κ2) is 10.3. The van der Waals surface area contributed by atoms with Crippen LogP contribution in [0.1, 0.15) is 32.1 Å². The molecule has 2 fully saturated rings. The molecule has 0 aromatic carbocycles. The molecule has 0 unspecified atom stereocenters. The molecule has 0 atom stereocenters.